The van der Waals surface area contributed by atoms with Crippen LogP contribution >= 0.6 is 0 Å². The van der Waals surface area contributed by atoms with Crippen LogP contribution < -0.4 is 4.84 Å². The fourth-order valence-electron chi connectivity index (χ4n) is 1.68. The van der Waals surface area contributed by atoms with Crippen LogP contribution in [0.15, 0.2) is 12.1 Å². The summed E-state index contributed by atoms with van der Waals surface area (Å²) >= 11 is 0. The molecule has 0 atom stereocenters. The third-order valence-electron chi connectivity index (χ3n) is 2.96. The van der Waals surface area contributed by atoms with Crippen LogP contribution in [0.5, 0.6) is 11.8 Å². The van der Waals surface area contributed by atoms with Crippen LogP contribution in [0.25, 0.3) is 0 Å². The molecule has 1 rings (SSSR count). The minimum absolute atomic E-state index is 0.0478. The molecule has 0 unspecified atom stereocenters. The molecular formula is C16H27NO10. The maximum Gasteiger partial charge on any atom is 0.534 e. The van der Waals surface area contributed by atoms with Crippen molar-refractivity contribution in [1.29, 1.82) is 0 Å². The topological polar surface area (TPSA) is 127 Å². The first-order chi connectivity index (χ1) is 13.1. The Morgan fingerprint density at radius 2 is 1.19 bits per heavy atom. The monoisotopic (exact) mass is 393 g/mol. The van der Waals surface area contributed by atoms with Gasteiger partial charge < -0.3 is 38.6 Å². The van der Waals surface area contributed by atoms with E-state index in [4.69, 9.17) is 28.4 Å². The number of hydrogen-bond donors (Lipinski definition) is 2. The van der Waals surface area contributed by atoms with Crippen molar-refractivity contribution in [2.24, 2.45) is 0 Å². The molecule has 11 nitrogen and oxygen atoms in total. The summed E-state index contributed by atoms with van der Waals surface area (Å²) in [6.45, 7) is 3.83. The quantitative estimate of drug-likeness (QED) is 0.296. The number of aromatic nitrogens is 1. The second-order valence-corrected chi connectivity index (χ2v) is 4.98. The molecule has 156 valence electrons. The molecule has 11 heteroatoms. The molecule has 0 saturated carbocycles. The zero-order chi connectivity index (χ0) is 19.7. The fourth-order valence-corrected chi connectivity index (χ4v) is 1.68. The summed E-state index contributed by atoms with van der Waals surface area (Å²) in [6, 6.07) is 2.32. The lowest BCUT2D eigenvalue weighted by Crippen LogP contribution is -2.22. The molecule has 0 bridgehead atoms. The first-order valence-corrected chi connectivity index (χ1v) is 8.40. The molecule has 0 aliphatic carbocycles. The predicted molar refractivity (Wildman–Crippen MR) is 90.8 cm³/mol. The van der Waals surface area contributed by atoms with E-state index in [-0.39, 0.29) is 13.2 Å². The zero-order valence-electron chi connectivity index (χ0n) is 15.3. The van der Waals surface area contributed by atoms with Crippen molar-refractivity contribution in [2.45, 2.75) is 0 Å². The van der Waals surface area contributed by atoms with E-state index in [1.165, 1.54) is 0 Å². The molecule has 1 aromatic heterocycles. The van der Waals surface area contributed by atoms with Gasteiger partial charge >= 0.3 is 6.16 Å². The van der Waals surface area contributed by atoms with Crippen molar-refractivity contribution >= 4 is 6.16 Å². The van der Waals surface area contributed by atoms with Crippen LogP contribution in [0, 0.1) is 0 Å². The molecule has 0 radical (unpaired) electrons. The Balaban J connectivity index is 1.83. The molecule has 1 heterocycles. The molecule has 0 saturated heterocycles. The van der Waals surface area contributed by atoms with Gasteiger partial charge in [-0.15, -0.1) is 4.73 Å². The van der Waals surface area contributed by atoms with E-state index in [0.29, 0.717) is 57.6 Å². The van der Waals surface area contributed by atoms with Crippen LogP contribution in [0.1, 0.15) is 0 Å². The Bertz CT molecular complexity index is 488. The van der Waals surface area contributed by atoms with Crippen molar-refractivity contribution in [3.63, 3.8) is 0 Å². The number of nitrogens with zero attached hydrogens (tertiary/aromatic N) is 1. The van der Waals surface area contributed by atoms with Crippen molar-refractivity contribution in [2.75, 3.05) is 73.2 Å². The first-order valence-electron chi connectivity index (χ1n) is 8.40. The van der Waals surface area contributed by atoms with Crippen molar-refractivity contribution in [3.05, 3.63) is 12.1 Å². The van der Waals surface area contributed by atoms with Crippen LogP contribution in [0.2, 0.25) is 0 Å². The molecule has 2 N–H and O–H groups in total. The molecule has 0 amide bonds. The van der Waals surface area contributed by atoms with Crippen LogP contribution in [-0.4, -0.2) is 94.3 Å². The number of carbonyl (C=O) groups excluding carboxylic acids is 1. The summed E-state index contributed by atoms with van der Waals surface area (Å²) in [5.74, 6) is -0.860. The Kier molecular flexibility index (Phi) is 12.8. The highest BCUT2D eigenvalue weighted by Gasteiger charge is 2.12. The lowest BCUT2D eigenvalue weighted by atomic mass is 10.6. The largest absolute Gasteiger partial charge is 0.534 e. The summed E-state index contributed by atoms with van der Waals surface area (Å²) in [6.07, 6.45) is -1.08. The normalized spacial score (nSPS) is 10.9. The standard InChI is InChI=1S/C16H27NO10/c1-21-4-5-22-6-7-23-8-9-24-10-11-25-12-13-26-16(20)27-17-14(18)2-3-15(17)19/h2-3,18-19H,4-13H2,1H3. The highest BCUT2D eigenvalue weighted by molar-refractivity contribution is 5.60. The molecule has 0 aliphatic rings. The van der Waals surface area contributed by atoms with E-state index in [0.717, 1.165) is 12.1 Å². The summed E-state index contributed by atoms with van der Waals surface area (Å²) in [5, 5.41) is 18.6. The molecule has 0 spiro atoms. The molecule has 0 aliphatic heterocycles. The van der Waals surface area contributed by atoms with Gasteiger partial charge in [-0.2, -0.15) is 0 Å². The van der Waals surface area contributed by atoms with Crippen molar-refractivity contribution in [1.82, 2.24) is 4.73 Å². The smallest absolute Gasteiger partial charge is 0.492 e. The van der Waals surface area contributed by atoms with Gasteiger partial charge in [0.1, 0.15) is 6.61 Å². The predicted octanol–water partition coefficient (Wildman–Crippen LogP) is 0.177. The van der Waals surface area contributed by atoms with Gasteiger partial charge in [0.15, 0.2) is 0 Å². The van der Waals surface area contributed by atoms with Gasteiger partial charge in [0.05, 0.1) is 59.5 Å². The summed E-state index contributed by atoms with van der Waals surface area (Å²) in [7, 11) is 1.62. The number of carbonyl (C=O) groups is 1. The van der Waals surface area contributed by atoms with Gasteiger partial charge in [-0.25, -0.2) is 4.79 Å². The van der Waals surface area contributed by atoms with E-state index in [9.17, 15) is 15.0 Å². The highest BCUT2D eigenvalue weighted by atomic mass is 16.8. The van der Waals surface area contributed by atoms with Gasteiger partial charge in [0.2, 0.25) is 11.8 Å². The SMILES string of the molecule is COCCOCCOCCOCCOCCOC(=O)On1c(O)ccc1O. The second kappa shape index (κ2) is 15.1. The molecule has 27 heavy (non-hydrogen) atoms. The average molecular weight is 393 g/mol. The van der Waals surface area contributed by atoms with E-state index < -0.39 is 17.9 Å². The lowest BCUT2D eigenvalue weighted by molar-refractivity contribution is -0.0162. The number of methoxy groups -OCH3 is 1. The van der Waals surface area contributed by atoms with Gasteiger partial charge in [0.25, 0.3) is 0 Å². The second-order valence-electron chi connectivity index (χ2n) is 4.98. The van der Waals surface area contributed by atoms with Crippen molar-refractivity contribution < 1.29 is 48.3 Å². The fraction of sp³-hybridized carbons (Fsp3) is 0.688. The maximum absolute atomic E-state index is 11.4. The number of rotatable bonds is 16. The number of ether oxygens (including phenoxy) is 6. The first kappa shape index (κ1) is 23.0. The molecule has 0 fully saturated rings. The molecule has 0 aromatic carbocycles. The highest BCUT2D eigenvalue weighted by Crippen LogP contribution is 2.18. The van der Waals surface area contributed by atoms with E-state index >= 15 is 0 Å². The minimum Gasteiger partial charge on any atom is -0.492 e. The number of aromatic hydroxyl groups is 2. The molecular weight excluding hydrogens is 366 g/mol. The van der Waals surface area contributed by atoms with E-state index in [1.807, 2.05) is 0 Å². The summed E-state index contributed by atoms with van der Waals surface area (Å²) in [5.41, 5.74) is 0. The van der Waals surface area contributed by atoms with Gasteiger partial charge in [0, 0.05) is 19.2 Å². The third-order valence-corrected chi connectivity index (χ3v) is 2.96. The average Bonchev–Trinajstić information content (AvgIpc) is 2.97. The molecule has 1 aromatic rings. The van der Waals surface area contributed by atoms with Crippen LogP contribution in [0.4, 0.5) is 4.79 Å². The Hall–Kier alpha value is -2.05. The van der Waals surface area contributed by atoms with Gasteiger partial charge in [-0.1, -0.05) is 0 Å². The Morgan fingerprint density at radius 3 is 1.63 bits per heavy atom. The van der Waals surface area contributed by atoms with Crippen LogP contribution in [-0.2, 0) is 28.4 Å². The van der Waals surface area contributed by atoms with Gasteiger partial charge in [-0.3, -0.25) is 4.84 Å². The van der Waals surface area contributed by atoms with Crippen LogP contribution in [0.3, 0.4) is 0 Å². The van der Waals surface area contributed by atoms with E-state index in [1.54, 1.807) is 7.11 Å². The number of hydrogen-bond acceptors (Lipinski definition) is 10. The minimum atomic E-state index is -1.08. The Morgan fingerprint density at radius 1 is 0.778 bits per heavy atom. The summed E-state index contributed by atoms with van der Waals surface area (Å²) < 4.78 is 31.1. The lowest BCUT2D eigenvalue weighted by Gasteiger charge is -2.08. The van der Waals surface area contributed by atoms with Gasteiger partial charge in [-0.05, 0) is 0 Å². The third kappa shape index (κ3) is 11.3. The zero-order valence-corrected chi connectivity index (χ0v) is 15.3. The maximum atomic E-state index is 11.4. The Labute approximate surface area is 157 Å². The van der Waals surface area contributed by atoms with Crippen molar-refractivity contribution in [3.8, 4) is 11.8 Å². The van der Waals surface area contributed by atoms with E-state index in [2.05, 4.69) is 4.84 Å². The summed E-state index contributed by atoms with van der Waals surface area (Å²) in [4.78, 5) is 15.9.